The van der Waals surface area contributed by atoms with Gasteiger partial charge >= 0.3 is 11.9 Å². The highest BCUT2D eigenvalue weighted by Crippen LogP contribution is 2.29. The third-order valence-corrected chi connectivity index (χ3v) is 5.36. The summed E-state index contributed by atoms with van der Waals surface area (Å²) in [5, 5.41) is 0. The summed E-state index contributed by atoms with van der Waals surface area (Å²) in [6.07, 6.45) is 20.4. The fraction of sp³-hybridized carbons (Fsp3) is 0.818. The summed E-state index contributed by atoms with van der Waals surface area (Å²) in [7, 11) is 0. The van der Waals surface area contributed by atoms with Crippen molar-refractivity contribution < 1.29 is 14.3 Å². The number of hydrogen-bond donors (Lipinski definition) is 0. The van der Waals surface area contributed by atoms with Crippen LogP contribution < -0.4 is 0 Å². The molecule has 0 aromatic heterocycles. The molecule has 144 valence electrons. The molecule has 0 aromatic rings. The number of hydrogen-bond acceptors (Lipinski definition) is 3. The summed E-state index contributed by atoms with van der Waals surface area (Å²) in [6, 6.07) is 0. The van der Waals surface area contributed by atoms with Gasteiger partial charge in [-0.1, -0.05) is 96.5 Å². The molecule has 3 heteroatoms. The topological polar surface area (TPSA) is 43.4 Å². The summed E-state index contributed by atoms with van der Waals surface area (Å²) in [4.78, 5) is 22.8. The van der Waals surface area contributed by atoms with Gasteiger partial charge in [0.25, 0.3) is 0 Å². The molecule has 0 spiro atoms. The average Bonchev–Trinajstić information content (AvgIpc) is 2.93. The standard InChI is InChI=1S/C22H38O3/c1-3-5-6-7-8-9-10-11-12-13-14-15-16-17-19(4-2)20-18-21(23)25-22(20)24/h4,19-20H,2-3,5-18H2,1H3. The zero-order valence-electron chi connectivity index (χ0n) is 16.3. The Labute approximate surface area is 154 Å². The van der Waals surface area contributed by atoms with E-state index in [9.17, 15) is 9.59 Å². The highest BCUT2D eigenvalue weighted by molar-refractivity contribution is 5.94. The van der Waals surface area contributed by atoms with Crippen molar-refractivity contribution in [3.05, 3.63) is 12.7 Å². The van der Waals surface area contributed by atoms with Gasteiger partial charge in [-0.3, -0.25) is 9.59 Å². The lowest BCUT2D eigenvalue weighted by molar-refractivity contribution is -0.153. The first kappa shape index (κ1) is 21.9. The first-order chi connectivity index (χ1) is 12.2. The largest absolute Gasteiger partial charge is 0.393 e. The third-order valence-electron chi connectivity index (χ3n) is 5.36. The molecule has 0 amide bonds. The van der Waals surface area contributed by atoms with E-state index in [4.69, 9.17) is 0 Å². The molecule has 1 aliphatic rings. The van der Waals surface area contributed by atoms with Gasteiger partial charge in [-0.15, -0.1) is 6.58 Å². The molecule has 0 aromatic carbocycles. The van der Waals surface area contributed by atoms with Crippen LogP contribution in [0.2, 0.25) is 0 Å². The first-order valence-electron chi connectivity index (χ1n) is 10.6. The van der Waals surface area contributed by atoms with Crippen LogP contribution in [0.15, 0.2) is 12.7 Å². The maximum Gasteiger partial charge on any atom is 0.317 e. The summed E-state index contributed by atoms with van der Waals surface area (Å²) in [6.45, 7) is 6.09. The Morgan fingerprint density at radius 3 is 1.80 bits per heavy atom. The van der Waals surface area contributed by atoms with E-state index in [1.807, 2.05) is 6.08 Å². The van der Waals surface area contributed by atoms with Crippen molar-refractivity contribution in [2.24, 2.45) is 11.8 Å². The quantitative estimate of drug-likeness (QED) is 0.141. The molecule has 3 nitrogen and oxygen atoms in total. The van der Waals surface area contributed by atoms with Crippen molar-refractivity contribution in [3.63, 3.8) is 0 Å². The zero-order chi connectivity index (χ0) is 18.3. The van der Waals surface area contributed by atoms with E-state index in [0.717, 1.165) is 12.8 Å². The Bertz CT molecular complexity index is 389. The number of carbonyl (C=O) groups excluding carboxylic acids is 2. The van der Waals surface area contributed by atoms with Crippen LogP contribution in [0.3, 0.4) is 0 Å². The second-order valence-electron chi connectivity index (χ2n) is 7.53. The number of ether oxygens (including phenoxy) is 1. The fourth-order valence-electron chi connectivity index (χ4n) is 3.70. The van der Waals surface area contributed by atoms with Crippen molar-refractivity contribution in [2.75, 3.05) is 0 Å². The zero-order valence-corrected chi connectivity index (χ0v) is 16.3. The fourth-order valence-corrected chi connectivity index (χ4v) is 3.70. The van der Waals surface area contributed by atoms with Crippen LogP contribution in [0.5, 0.6) is 0 Å². The van der Waals surface area contributed by atoms with Crippen molar-refractivity contribution in [3.8, 4) is 0 Å². The van der Waals surface area contributed by atoms with Crippen LogP contribution in [0.1, 0.15) is 103 Å². The predicted molar refractivity (Wildman–Crippen MR) is 103 cm³/mol. The van der Waals surface area contributed by atoms with Crippen LogP contribution in [0.4, 0.5) is 0 Å². The van der Waals surface area contributed by atoms with E-state index >= 15 is 0 Å². The molecule has 2 unspecified atom stereocenters. The van der Waals surface area contributed by atoms with Gasteiger partial charge in [-0.25, -0.2) is 0 Å². The Hall–Kier alpha value is -1.12. The van der Waals surface area contributed by atoms with E-state index in [1.54, 1.807) is 0 Å². The van der Waals surface area contributed by atoms with Gasteiger partial charge < -0.3 is 4.74 Å². The van der Waals surface area contributed by atoms with Crippen molar-refractivity contribution in [2.45, 2.75) is 103 Å². The number of carbonyl (C=O) groups is 2. The second kappa shape index (κ2) is 14.1. The van der Waals surface area contributed by atoms with E-state index in [0.29, 0.717) is 0 Å². The van der Waals surface area contributed by atoms with Crippen LogP contribution in [-0.2, 0) is 14.3 Å². The maximum absolute atomic E-state index is 11.6. The lowest BCUT2D eigenvalue weighted by atomic mass is 9.86. The molecule has 2 atom stereocenters. The second-order valence-corrected chi connectivity index (χ2v) is 7.53. The van der Waals surface area contributed by atoms with Gasteiger partial charge in [-0.05, 0) is 12.3 Å². The number of allylic oxidation sites excluding steroid dienone is 1. The van der Waals surface area contributed by atoms with E-state index in [1.165, 1.54) is 77.0 Å². The molecule has 0 radical (unpaired) electrons. The molecule has 0 saturated carbocycles. The van der Waals surface area contributed by atoms with E-state index < -0.39 is 0 Å². The van der Waals surface area contributed by atoms with Gasteiger partial charge in [0.2, 0.25) is 0 Å². The normalized spacial score (nSPS) is 18.4. The summed E-state index contributed by atoms with van der Waals surface area (Å²) >= 11 is 0. The smallest absolute Gasteiger partial charge is 0.317 e. The Morgan fingerprint density at radius 1 is 0.920 bits per heavy atom. The number of rotatable bonds is 16. The maximum atomic E-state index is 11.6. The molecular formula is C22H38O3. The molecule has 0 bridgehead atoms. The Kier molecular flexibility index (Phi) is 12.4. The highest BCUT2D eigenvalue weighted by atomic mass is 16.6. The minimum absolute atomic E-state index is 0.0895. The van der Waals surface area contributed by atoms with Gasteiger partial charge in [0.15, 0.2) is 0 Å². The Morgan fingerprint density at radius 2 is 1.40 bits per heavy atom. The minimum Gasteiger partial charge on any atom is -0.393 e. The van der Waals surface area contributed by atoms with E-state index in [-0.39, 0.29) is 30.2 Å². The van der Waals surface area contributed by atoms with Crippen molar-refractivity contribution in [1.29, 1.82) is 0 Å². The van der Waals surface area contributed by atoms with Crippen LogP contribution in [0, 0.1) is 11.8 Å². The SMILES string of the molecule is C=CC(CCCCCCCCCCCCCCC)C1CC(=O)OC1=O. The van der Waals surface area contributed by atoms with Crippen LogP contribution >= 0.6 is 0 Å². The van der Waals surface area contributed by atoms with Crippen molar-refractivity contribution >= 4 is 11.9 Å². The molecule has 1 fully saturated rings. The van der Waals surface area contributed by atoms with Gasteiger partial charge in [-0.2, -0.15) is 0 Å². The van der Waals surface area contributed by atoms with Gasteiger partial charge in [0, 0.05) is 0 Å². The van der Waals surface area contributed by atoms with E-state index in [2.05, 4.69) is 18.2 Å². The first-order valence-corrected chi connectivity index (χ1v) is 10.6. The van der Waals surface area contributed by atoms with Gasteiger partial charge in [0.1, 0.15) is 0 Å². The summed E-state index contributed by atoms with van der Waals surface area (Å²) in [5.41, 5.74) is 0. The Balaban J connectivity index is 1.92. The third kappa shape index (κ3) is 9.81. The average molecular weight is 351 g/mol. The summed E-state index contributed by atoms with van der Waals surface area (Å²) < 4.78 is 4.65. The monoisotopic (exact) mass is 350 g/mol. The lowest BCUT2D eigenvalue weighted by Crippen LogP contribution is -2.17. The molecule has 1 saturated heterocycles. The molecule has 1 aliphatic heterocycles. The molecule has 1 rings (SSSR count). The highest BCUT2D eigenvalue weighted by Gasteiger charge is 2.37. The number of cyclic esters (lactones) is 2. The lowest BCUT2D eigenvalue weighted by Gasteiger charge is -2.15. The molecule has 0 aliphatic carbocycles. The molecule has 25 heavy (non-hydrogen) atoms. The molecule has 0 N–H and O–H groups in total. The minimum atomic E-state index is -0.382. The number of esters is 2. The summed E-state index contributed by atoms with van der Waals surface area (Å²) in [5.74, 6) is -0.939. The number of unbranched alkanes of at least 4 members (excludes halogenated alkanes) is 12. The van der Waals surface area contributed by atoms with Gasteiger partial charge in [0.05, 0.1) is 12.3 Å². The molecular weight excluding hydrogens is 312 g/mol. The van der Waals surface area contributed by atoms with Crippen molar-refractivity contribution in [1.82, 2.24) is 0 Å². The van der Waals surface area contributed by atoms with Crippen LogP contribution in [0.25, 0.3) is 0 Å². The molecule has 1 heterocycles. The predicted octanol–water partition coefficient (Wildman–Crippen LogP) is 6.36. The van der Waals surface area contributed by atoms with Crippen LogP contribution in [-0.4, -0.2) is 11.9 Å².